The maximum atomic E-state index is 4.28. The molecule has 2 aromatic carbocycles. The van der Waals surface area contributed by atoms with Crippen molar-refractivity contribution >= 4 is 21.8 Å². The second-order valence-corrected chi connectivity index (χ2v) is 4.45. The molecule has 4 rings (SSSR count). The third kappa shape index (κ3) is 1.65. The summed E-state index contributed by atoms with van der Waals surface area (Å²) < 4.78 is 3.34. The molecule has 0 aliphatic rings. The fourth-order valence-electron chi connectivity index (χ4n) is 2.22. The molecule has 4 aromatic rings. The van der Waals surface area contributed by atoms with Gasteiger partial charge in [0, 0.05) is 10.8 Å². The predicted molar refractivity (Wildman–Crippen MR) is 78.0 cm³/mol. The highest BCUT2D eigenvalue weighted by atomic mass is 15.3. The van der Waals surface area contributed by atoms with Crippen LogP contribution in [-0.2, 0) is 0 Å². The van der Waals surface area contributed by atoms with Gasteiger partial charge in [-0.1, -0.05) is 36.4 Å². The lowest BCUT2D eigenvalue weighted by Crippen LogP contribution is -1.95. The Morgan fingerprint density at radius 2 is 1.10 bits per heavy atom. The number of fused-ring (bicyclic) bond motifs is 2. The lowest BCUT2D eigenvalue weighted by Gasteiger charge is -1.93. The number of hydrogen-bond acceptors (Lipinski definition) is 2. The van der Waals surface area contributed by atoms with E-state index < -0.39 is 0 Å². The van der Waals surface area contributed by atoms with Gasteiger partial charge in [-0.3, -0.25) is 0 Å². The Kier molecular flexibility index (Phi) is 2.30. The molecule has 0 atom stereocenters. The fraction of sp³-hybridized carbons (Fsp3) is 0. The monoisotopic (exact) mass is 258 g/mol. The van der Waals surface area contributed by atoms with Gasteiger partial charge in [-0.2, -0.15) is 19.6 Å². The number of nitrogens with zero attached hydrogens (tertiary/aromatic N) is 4. The van der Waals surface area contributed by atoms with Crippen LogP contribution in [0.5, 0.6) is 0 Å². The zero-order chi connectivity index (χ0) is 13.4. The number of para-hydroxylation sites is 2. The van der Waals surface area contributed by atoms with Crippen molar-refractivity contribution in [2.24, 2.45) is 0 Å². The van der Waals surface area contributed by atoms with Crippen molar-refractivity contribution in [2.45, 2.75) is 0 Å². The SMILES string of the molecule is C(#Cn1ncc2ccccc21)n1ncc2ccccc21. The molecule has 0 N–H and O–H groups in total. The minimum Gasteiger partial charge on any atom is -0.187 e. The summed E-state index contributed by atoms with van der Waals surface area (Å²) in [7, 11) is 0. The van der Waals surface area contributed by atoms with E-state index in [1.165, 1.54) is 0 Å². The van der Waals surface area contributed by atoms with Crippen molar-refractivity contribution in [2.75, 3.05) is 0 Å². The molecule has 4 heteroatoms. The molecule has 2 aromatic heterocycles. The first kappa shape index (κ1) is 10.8. The summed E-state index contributed by atoms with van der Waals surface area (Å²) in [6.45, 7) is 0. The summed E-state index contributed by atoms with van der Waals surface area (Å²) in [4.78, 5) is 0. The molecule has 0 aliphatic carbocycles. The molecule has 0 spiro atoms. The average molecular weight is 258 g/mol. The van der Waals surface area contributed by atoms with Crippen LogP contribution in [0.2, 0.25) is 0 Å². The first-order valence-electron chi connectivity index (χ1n) is 6.29. The number of rotatable bonds is 0. The Morgan fingerprint density at radius 3 is 1.60 bits per heavy atom. The number of aromatic nitrogens is 4. The average Bonchev–Trinajstić information content (AvgIpc) is 3.09. The molecular formula is C16H10N4. The third-order valence-corrected chi connectivity index (χ3v) is 3.22. The van der Waals surface area contributed by atoms with E-state index in [-0.39, 0.29) is 0 Å². The van der Waals surface area contributed by atoms with Crippen LogP contribution in [-0.4, -0.2) is 19.6 Å². The van der Waals surface area contributed by atoms with Gasteiger partial charge in [0.2, 0.25) is 0 Å². The van der Waals surface area contributed by atoms with E-state index in [2.05, 4.69) is 22.3 Å². The van der Waals surface area contributed by atoms with E-state index in [1.807, 2.05) is 60.9 Å². The molecule has 0 unspecified atom stereocenters. The normalized spacial score (nSPS) is 10.6. The Hall–Kier alpha value is -3.06. The van der Waals surface area contributed by atoms with Crippen LogP contribution in [0.25, 0.3) is 21.8 Å². The topological polar surface area (TPSA) is 35.6 Å². The van der Waals surface area contributed by atoms with Gasteiger partial charge in [0.05, 0.1) is 35.5 Å². The van der Waals surface area contributed by atoms with Crippen LogP contribution in [0.4, 0.5) is 0 Å². The molecule has 0 fully saturated rings. The molecular weight excluding hydrogens is 248 g/mol. The number of hydrogen-bond donors (Lipinski definition) is 0. The van der Waals surface area contributed by atoms with Gasteiger partial charge in [-0.15, -0.1) is 0 Å². The third-order valence-electron chi connectivity index (χ3n) is 3.22. The summed E-state index contributed by atoms with van der Waals surface area (Å²) in [6, 6.07) is 22.0. The summed E-state index contributed by atoms with van der Waals surface area (Å²) in [5.41, 5.74) is 1.99. The summed E-state index contributed by atoms with van der Waals surface area (Å²) in [5, 5.41) is 10.7. The predicted octanol–water partition coefficient (Wildman–Crippen LogP) is 2.70. The van der Waals surface area contributed by atoms with Crippen molar-refractivity contribution in [3.05, 3.63) is 60.9 Å². The molecule has 94 valence electrons. The van der Waals surface area contributed by atoms with Crippen molar-refractivity contribution in [1.82, 2.24) is 19.6 Å². The first-order chi connectivity index (χ1) is 9.92. The molecule has 0 bridgehead atoms. The molecule has 20 heavy (non-hydrogen) atoms. The second-order valence-electron chi connectivity index (χ2n) is 4.45. The Morgan fingerprint density at radius 1 is 0.650 bits per heavy atom. The maximum Gasteiger partial charge on any atom is 0.0835 e. The largest absolute Gasteiger partial charge is 0.187 e. The van der Waals surface area contributed by atoms with E-state index in [1.54, 1.807) is 9.36 Å². The summed E-state index contributed by atoms with van der Waals surface area (Å²) in [6.07, 6.45) is 3.62. The van der Waals surface area contributed by atoms with Gasteiger partial charge in [-0.25, -0.2) is 0 Å². The van der Waals surface area contributed by atoms with E-state index in [4.69, 9.17) is 0 Å². The van der Waals surface area contributed by atoms with Crippen molar-refractivity contribution in [3.8, 4) is 12.1 Å². The second kappa shape index (κ2) is 4.25. The van der Waals surface area contributed by atoms with Crippen molar-refractivity contribution in [1.29, 1.82) is 0 Å². The summed E-state index contributed by atoms with van der Waals surface area (Å²) >= 11 is 0. The maximum absolute atomic E-state index is 4.28. The van der Waals surface area contributed by atoms with Crippen LogP contribution in [0.3, 0.4) is 0 Å². The fourth-order valence-corrected chi connectivity index (χ4v) is 2.22. The Bertz CT molecular complexity index is 888. The van der Waals surface area contributed by atoms with Gasteiger partial charge in [-0.05, 0) is 12.1 Å². The van der Waals surface area contributed by atoms with Crippen LogP contribution in [0.1, 0.15) is 0 Å². The molecule has 0 saturated heterocycles. The van der Waals surface area contributed by atoms with Gasteiger partial charge in [0.1, 0.15) is 0 Å². The van der Waals surface area contributed by atoms with Crippen LogP contribution >= 0.6 is 0 Å². The number of benzene rings is 2. The standard InChI is InChI=1S/C16H10N4/c1-3-7-15-13(5-1)11-17-19(15)9-10-20-16-8-4-2-6-14(16)12-18-20/h1-8,11-12H. The smallest absolute Gasteiger partial charge is 0.0835 e. The van der Waals surface area contributed by atoms with E-state index in [0.29, 0.717) is 0 Å². The van der Waals surface area contributed by atoms with Crippen LogP contribution in [0, 0.1) is 12.1 Å². The molecule has 0 saturated carbocycles. The van der Waals surface area contributed by atoms with E-state index in [9.17, 15) is 0 Å². The minimum absolute atomic E-state index is 0.997. The van der Waals surface area contributed by atoms with Gasteiger partial charge in [0.25, 0.3) is 0 Å². The Balaban J connectivity index is 1.83. The zero-order valence-electron chi connectivity index (χ0n) is 10.6. The Labute approximate surface area is 115 Å². The van der Waals surface area contributed by atoms with Gasteiger partial charge < -0.3 is 0 Å². The van der Waals surface area contributed by atoms with Gasteiger partial charge >= 0.3 is 0 Å². The first-order valence-corrected chi connectivity index (χ1v) is 6.29. The van der Waals surface area contributed by atoms with Crippen molar-refractivity contribution in [3.63, 3.8) is 0 Å². The summed E-state index contributed by atoms with van der Waals surface area (Å²) in [5.74, 6) is 0. The highest BCUT2D eigenvalue weighted by molar-refractivity contribution is 5.80. The van der Waals surface area contributed by atoms with E-state index >= 15 is 0 Å². The lowest BCUT2D eigenvalue weighted by molar-refractivity contribution is 0.915. The highest BCUT2D eigenvalue weighted by Crippen LogP contribution is 2.12. The molecule has 0 radical (unpaired) electrons. The van der Waals surface area contributed by atoms with Crippen molar-refractivity contribution < 1.29 is 0 Å². The quantitative estimate of drug-likeness (QED) is 0.455. The molecule has 0 aliphatic heterocycles. The minimum atomic E-state index is 0.997. The van der Waals surface area contributed by atoms with Crippen LogP contribution < -0.4 is 0 Å². The lowest BCUT2D eigenvalue weighted by atomic mass is 10.3. The van der Waals surface area contributed by atoms with E-state index in [0.717, 1.165) is 21.8 Å². The molecule has 2 heterocycles. The molecule has 0 amide bonds. The highest BCUT2D eigenvalue weighted by Gasteiger charge is 2.00. The van der Waals surface area contributed by atoms with Gasteiger partial charge in [0.15, 0.2) is 0 Å². The van der Waals surface area contributed by atoms with Crippen LogP contribution in [0.15, 0.2) is 60.9 Å². The zero-order valence-corrected chi connectivity index (χ0v) is 10.6. The molecule has 4 nitrogen and oxygen atoms in total.